The molecule has 0 amide bonds. The predicted molar refractivity (Wildman–Crippen MR) is 153 cm³/mol. The molecule has 1 unspecified atom stereocenters. The molecule has 0 radical (unpaired) electrons. The summed E-state index contributed by atoms with van der Waals surface area (Å²) < 4.78 is 59.9. The first-order chi connectivity index (χ1) is 19.9. The molecule has 8 nitrogen and oxygen atoms in total. The molecule has 2 aromatic carbocycles. The van der Waals surface area contributed by atoms with Crippen molar-refractivity contribution in [2.24, 2.45) is 11.5 Å². The van der Waals surface area contributed by atoms with Gasteiger partial charge in [0.2, 0.25) is 0 Å². The van der Waals surface area contributed by atoms with Gasteiger partial charge in [-0.1, -0.05) is 19.1 Å². The quantitative estimate of drug-likeness (QED) is 0.207. The van der Waals surface area contributed by atoms with Gasteiger partial charge in [-0.15, -0.1) is 13.2 Å². The molecule has 4 aromatic rings. The molecule has 0 bridgehead atoms. The van der Waals surface area contributed by atoms with Crippen LogP contribution in [-0.4, -0.2) is 45.6 Å². The molecule has 2 aromatic heterocycles. The number of aromatic amines is 1. The third-order valence-corrected chi connectivity index (χ3v) is 7.75. The molecule has 1 aliphatic rings. The highest BCUT2D eigenvalue weighted by molar-refractivity contribution is 5.83. The molecule has 224 valence electrons. The van der Waals surface area contributed by atoms with Crippen LogP contribution in [0.25, 0.3) is 28.0 Å². The normalized spacial score (nSPS) is 18.9. The number of benzene rings is 2. The molecule has 42 heavy (non-hydrogen) atoms. The van der Waals surface area contributed by atoms with Gasteiger partial charge < -0.3 is 26.5 Å². The van der Waals surface area contributed by atoms with Gasteiger partial charge in [-0.3, -0.25) is 4.57 Å². The molecule has 1 aliphatic heterocycles. The molecule has 0 aliphatic carbocycles. The van der Waals surface area contributed by atoms with Gasteiger partial charge in [0.05, 0.1) is 11.4 Å². The van der Waals surface area contributed by atoms with E-state index in [-0.39, 0.29) is 40.9 Å². The summed E-state index contributed by atoms with van der Waals surface area (Å²) in [5, 5.41) is 3.92. The summed E-state index contributed by atoms with van der Waals surface area (Å²) in [7, 11) is 0. The van der Waals surface area contributed by atoms with E-state index >= 15 is 4.39 Å². The van der Waals surface area contributed by atoms with E-state index in [4.69, 9.17) is 11.5 Å². The maximum Gasteiger partial charge on any atom is 0.573 e. The van der Waals surface area contributed by atoms with Crippen LogP contribution in [0.15, 0.2) is 53.5 Å². The molecule has 5 rings (SSSR count). The van der Waals surface area contributed by atoms with Crippen molar-refractivity contribution >= 4 is 11.0 Å². The topological polar surface area (TPSA) is 124 Å². The standard InChI is InChI=1S/C30H34F4N6O2/c1-16(35)4-3-5-18-10-23(27(31)26(11-18)42-30(32,33)34)25-12-20-15-40(29(41)39-28(20)38-25)22-8-6-19(7-9-22)17(2)24-13-21(36)14-37-24/h6-12,15-17,21,24,37H,3-5,13-14,35-36H2,1-2H3,(H,38,39,41)/t16-,17?,21+,24-/m0/s1. The van der Waals surface area contributed by atoms with Gasteiger partial charge in [-0.2, -0.15) is 4.98 Å². The first-order valence-corrected chi connectivity index (χ1v) is 13.9. The zero-order valence-electron chi connectivity index (χ0n) is 23.3. The van der Waals surface area contributed by atoms with Crippen LogP contribution < -0.4 is 27.2 Å². The number of nitrogens with one attached hydrogen (secondary N) is 2. The summed E-state index contributed by atoms with van der Waals surface area (Å²) >= 11 is 0. The van der Waals surface area contributed by atoms with Crippen LogP contribution in [0.4, 0.5) is 17.6 Å². The van der Waals surface area contributed by atoms with E-state index in [2.05, 4.69) is 26.9 Å². The largest absolute Gasteiger partial charge is 0.573 e. The van der Waals surface area contributed by atoms with E-state index in [0.29, 0.717) is 35.9 Å². The van der Waals surface area contributed by atoms with Crippen molar-refractivity contribution in [3.63, 3.8) is 0 Å². The first kappa shape index (κ1) is 29.7. The summed E-state index contributed by atoms with van der Waals surface area (Å²) in [6.45, 7) is 4.75. The average Bonchev–Trinajstić information content (AvgIpc) is 3.54. The second kappa shape index (κ2) is 11.9. The molecule has 12 heteroatoms. The second-order valence-electron chi connectivity index (χ2n) is 11.1. The minimum atomic E-state index is -5.07. The van der Waals surface area contributed by atoms with Crippen molar-refractivity contribution in [1.29, 1.82) is 0 Å². The molecule has 0 saturated carbocycles. The van der Waals surface area contributed by atoms with Crippen molar-refractivity contribution in [3.05, 3.63) is 76.1 Å². The number of halogens is 4. The molecule has 1 saturated heterocycles. The Bertz CT molecular complexity index is 1610. The lowest BCUT2D eigenvalue weighted by molar-refractivity contribution is -0.275. The van der Waals surface area contributed by atoms with Crippen molar-refractivity contribution < 1.29 is 22.3 Å². The Labute approximate surface area is 240 Å². The van der Waals surface area contributed by atoms with E-state index in [1.807, 2.05) is 31.2 Å². The predicted octanol–water partition coefficient (Wildman–Crippen LogP) is 4.88. The number of ether oxygens (including phenoxy) is 1. The number of nitrogens with two attached hydrogens (primary N) is 2. The highest BCUT2D eigenvalue weighted by Crippen LogP contribution is 2.35. The van der Waals surface area contributed by atoms with Crippen LogP contribution >= 0.6 is 0 Å². The number of hydrogen-bond donors (Lipinski definition) is 4. The zero-order valence-corrected chi connectivity index (χ0v) is 23.3. The number of aromatic nitrogens is 3. The fraction of sp³-hybridized carbons (Fsp3) is 0.400. The number of nitrogens with zero attached hydrogens (tertiary/aromatic N) is 2. The fourth-order valence-corrected chi connectivity index (χ4v) is 5.49. The third-order valence-electron chi connectivity index (χ3n) is 7.75. The number of fused-ring (bicyclic) bond motifs is 1. The van der Waals surface area contributed by atoms with Crippen LogP contribution in [0.3, 0.4) is 0 Å². The number of alkyl halides is 3. The van der Waals surface area contributed by atoms with Crippen LogP contribution in [-0.2, 0) is 6.42 Å². The Kier molecular flexibility index (Phi) is 8.40. The van der Waals surface area contributed by atoms with Crippen LogP contribution in [0, 0.1) is 5.82 Å². The maximum atomic E-state index is 15.3. The lowest BCUT2D eigenvalue weighted by Crippen LogP contribution is -2.27. The first-order valence-electron chi connectivity index (χ1n) is 13.9. The number of aryl methyl sites for hydroxylation is 1. The Balaban J connectivity index is 1.47. The van der Waals surface area contributed by atoms with Crippen molar-refractivity contribution in [1.82, 2.24) is 19.9 Å². The smallest absolute Gasteiger partial charge is 0.403 e. The molecule has 4 atom stereocenters. The van der Waals surface area contributed by atoms with E-state index in [0.717, 1.165) is 24.6 Å². The van der Waals surface area contributed by atoms with Crippen molar-refractivity contribution in [3.8, 4) is 22.7 Å². The molecule has 3 heterocycles. The van der Waals surface area contributed by atoms with Gasteiger partial charge in [0, 0.05) is 41.8 Å². The summed E-state index contributed by atoms with van der Waals surface area (Å²) in [4.78, 5) is 19.9. The lowest BCUT2D eigenvalue weighted by atomic mass is 9.91. The van der Waals surface area contributed by atoms with Gasteiger partial charge >= 0.3 is 12.1 Å². The molecule has 0 spiro atoms. The zero-order chi connectivity index (χ0) is 30.2. The Hall–Kier alpha value is -3.74. The van der Waals surface area contributed by atoms with E-state index in [1.54, 1.807) is 12.3 Å². The number of hydrogen-bond acceptors (Lipinski definition) is 6. The summed E-state index contributed by atoms with van der Waals surface area (Å²) in [5.41, 5.74) is 13.6. The minimum absolute atomic E-state index is 0.0774. The molecule has 6 N–H and O–H groups in total. The van der Waals surface area contributed by atoms with Crippen LogP contribution in [0.5, 0.6) is 5.75 Å². The monoisotopic (exact) mass is 586 g/mol. The van der Waals surface area contributed by atoms with Crippen molar-refractivity contribution in [2.75, 3.05) is 6.54 Å². The average molecular weight is 587 g/mol. The van der Waals surface area contributed by atoms with E-state index in [1.165, 1.54) is 10.6 Å². The highest BCUT2D eigenvalue weighted by Gasteiger charge is 2.33. The Morgan fingerprint density at radius 1 is 1.17 bits per heavy atom. The van der Waals surface area contributed by atoms with Gasteiger partial charge in [0.15, 0.2) is 11.6 Å². The second-order valence-corrected chi connectivity index (χ2v) is 11.1. The Morgan fingerprint density at radius 3 is 2.55 bits per heavy atom. The highest BCUT2D eigenvalue weighted by atomic mass is 19.4. The van der Waals surface area contributed by atoms with Gasteiger partial charge in [0.25, 0.3) is 0 Å². The van der Waals surface area contributed by atoms with Gasteiger partial charge in [0.1, 0.15) is 5.65 Å². The fourth-order valence-electron chi connectivity index (χ4n) is 5.49. The Morgan fingerprint density at radius 2 is 1.90 bits per heavy atom. The van der Waals surface area contributed by atoms with Gasteiger partial charge in [-0.05, 0) is 80.0 Å². The number of H-pyrrole nitrogens is 1. The number of rotatable bonds is 9. The summed E-state index contributed by atoms with van der Waals surface area (Å²) in [6, 6.07) is 12.0. The van der Waals surface area contributed by atoms with E-state index < -0.39 is 23.6 Å². The molecule has 1 fully saturated rings. The van der Waals surface area contributed by atoms with Gasteiger partial charge in [-0.25, -0.2) is 9.18 Å². The van der Waals surface area contributed by atoms with E-state index in [9.17, 15) is 18.0 Å². The maximum absolute atomic E-state index is 15.3. The van der Waals surface area contributed by atoms with Crippen molar-refractivity contribution in [2.45, 2.75) is 69.9 Å². The van der Waals surface area contributed by atoms with Crippen LogP contribution in [0.2, 0.25) is 0 Å². The lowest BCUT2D eigenvalue weighted by Gasteiger charge is -2.20. The summed E-state index contributed by atoms with van der Waals surface area (Å²) in [6.07, 6.45) is -0.983. The molecular weight excluding hydrogens is 552 g/mol. The minimum Gasteiger partial charge on any atom is -0.403 e. The third kappa shape index (κ3) is 6.66. The SMILES string of the molecule is CC(c1ccc(-n2cc3cc(-c4cc(CCC[C@H](C)N)cc(OC(F)(F)F)c4F)[nH]c3nc2=O)cc1)[C@@H]1C[C@@H](N)CN1. The summed E-state index contributed by atoms with van der Waals surface area (Å²) in [5.74, 6) is -1.87. The van der Waals surface area contributed by atoms with Crippen LogP contribution in [0.1, 0.15) is 50.2 Å². The molecular formula is C30H34F4N6O2.